The van der Waals surface area contributed by atoms with Crippen LogP contribution in [0.4, 0.5) is 0 Å². The summed E-state index contributed by atoms with van der Waals surface area (Å²) in [6.45, 7) is 2.30. The Morgan fingerprint density at radius 2 is 2.18 bits per heavy atom. The third-order valence-corrected chi connectivity index (χ3v) is 2.41. The minimum Gasteiger partial charge on any atom is -0.373 e. The number of carbonyl (C=O) groups is 1. The number of carbonyl (C=O) groups excluding carboxylic acids is 1. The van der Waals surface area contributed by atoms with Gasteiger partial charge in [-0.2, -0.15) is 0 Å². The van der Waals surface area contributed by atoms with Crippen LogP contribution in [0.1, 0.15) is 18.9 Å². The molecule has 0 amide bonds. The topological polar surface area (TPSA) is 75.1 Å². The fourth-order valence-electron chi connectivity index (χ4n) is 1.48. The summed E-state index contributed by atoms with van der Waals surface area (Å²) in [5.41, 5.74) is 9.37. The Balaban J connectivity index is 2.58. The van der Waals surface area contributed by atoms with Gasteiger partial charge in [0.25, 0.3) is 0 Å². The lowest BCUT2D eigenvalue weighted by Crippen LogP contribution is -2.27. The summed E-state index contributed by atoms with van der Waals surface area (Å²) in [7, 11) is 0. The summed E-state index contributed by atoms with van der Waals surface area (Å²) in [4.78, 5) is 13.4. The standard InChI is InChI=1S/C12H15N3O2/c1-2-12(11(8-16)14-15-13)17-9-10-6-4-3-5-7-10/h3-8,11-12H,2,9H2,1H3/t11-,12+/m1/s1. The highest BCUT2D eigenvalue weighted by Gasteiger charge is 2.18. The fraction of sp³-hybridized carbons (Fsp3) is 0.417. The first-order valence-electron chi connectivity index (χ1n) is 5.46. The molecule has 0 N–H and O–H groups in total. The van der Waals surface area contributed by atoms with Gasteiger partial charge in [0.05, 0.1) is 12.7 Å². The summed E-state index contributed by atoms with van der Waals surface area (Å²) in [5, 5.41) is 3.41. The highest BCUT2D eigenvalue weighted by molar-refractivity contribution is 5.58. The van der Waals surface area contributed by atoms with E-state index in [0.717, 1.165) is 5.56 Å². The Morgan fingerprint density at radius 1 is 1.47 bits per heavy atom. The molecule has 0 aliphatic carbocycles. The number of hydrogen-bond acceptors (Lipinski definition) is 3. The van der Waals surface area contributed by atoms with E-state index in [2.05, 4.69) is 10.0 Å². The van der Waals surface area contributed by atoms with E-state index in [0.29, 0.717) is 19.3 Å². The SMILES string of the molecule is CC[C@H](OCc1ccccc1)[C@@H](C=O)N=[N+]=[N-]. The number of azide groups is 1. The Morgan fingerprint density at radius 3 is 2.71 bits per heavy atom. The Bertz CT molecular complexity index is 388. The third-order valence-electron chi connectivity index (χ3n) is 2.41. The maximum Gasteiger partial charge on any atom is 0.131 e. The molecule has 0 heterocycles. The van der Waals surface area contributed by atoms with Gasteiger partial charge in [-0.3, -0.25) is 0 Å². The zero-order valence-electron chi connectivity index (χ0n) is 9.69. The molecule has 0 saturated carbocycles. The molecule has 0 fully saturated rings. The molecule has 0 radical (unpaired) electrons. The smallest absolute Gasteiger partial charge is 0.131 e. The van der Waals surface area contributed by atoms with Crippen LogP contribution in [0, 0.1) is 0 Å². The molecule has 0 bridgehead atoms. The van der Waals surface area contributed by atoms with Gasteiger partial charge in [-0.15, -0.1) is 0 Å². The second kappa shape index (κ2) is 7.44. The molecule has 0 aliphatic rings. The molecular weight excluding hydrogens is 218 g/mol. The van der Waals surface area contributed by atoms with Crippen LogP contribution >= 0.6 is 0 Å². The number of aldehydes is 1. The van der Waals surface area contributed by atoms with Gasteiger partial charge < -0.3 is 9.53 Å². The minimum absolute atomic E-state index is 0.372. The molecule has 1 rings (SSSR count). The molecule has 90 valence electrons. The van der Waals surface area contributed by atoms with Crippen molar-refractivity contribution in [1.29, 1.82) is 0 Å². The van der Waals surface area contributed by atoms with Crippen molar-refractivity contribution in [2.75, 3.05) is 0 Å². The van der Waals surface area contributed by atoms with Crippen LogP contribution in [-0.2, 0) is 16.1 Å². The molecule has 5 nitrogen and oxygen atoms in total. The van der Waals surface area contributed by atoms with Gasteiger partial charge in [-0.25, -0.2) is 0 Å². The fourth-order valence-corrected chi connectivity index (χ4v) is 1.48. The minimum atomic E-state index is -0.756. The van der Waals surface area contributed by atoms with Gasteiger partial charge in [-0.05, 0) is 17.5 Å². The van der Waals surface area contributed by atoms with Gasteiger partial charge in [0.2, 0.25) is 0 Å². The zero-order chi connectivity index (χ0) is 12.5. The van der Waals surface area contributed by atoms with Gasteiger partial charge in [-0.1, -0.05) is 42.4 Å². The molecule has 0 aliphatic heterocycles. The predicted octanol–water partition coefficient (Wildman–Crippen LogP) is 2.86. The highest BCUT2D eigenvalue weighted by atomic mass is 16.5. The summed E-state index contributed by atoms with van der Waals surface area (Å²) in [5.74, 6) is 0. The number of rotatable bonds is 7. The van der Waals surface area contributed by atoms with Gasteiger partial charge in [0.1, 0.15) is 12.3 Å². The molecule has 0 unspecified atom stereocenters. The first-order chi connectivity index (χ1) is 8.31. The van der Waals surface area contributed by atoms with Crippen molar-refractivity contribution >= 4 is 6.29 Å². The van der Waals surface area contributed by atoms with Crippen LogP contribution in [0.3, 0.4) is 0 Å². The highest BCUT2D eigenvalue weighted by Crippen LogP contribution is 2.10. The molecular formula is C12H15N3O2. The van der Waals surface area contributed by atoms with E-state index in [1.807, 2.05) is 37.3 Å². The van der Waals surface area contributed by atoms with Crippen molar-refractivity contribution in [1.82, 2.24) is 0 Å². The van der Waals surface area contributed by atoms with E-state index in [4.69, 9.17) is 10.3 Å². The van der Waals surface area contributed by atoms with Crippen molar-refractivity contribution in [2.45, 2.75) is 32.1 Å². The lowest BCUT2D eigenvalue weighted by molar-refractivity contribution is -0.112. The predicted molar refractivity (Wildman–Crippen MR) is 64.3 cm³/mol. The average molecular weight is 233 g/mol. The number of hydrogen-bond donors (Lipinski definition) is 0. The Kier molecular flexibility index (Phi) is 5.79. The maximum atomic E-state index is 10.8. The summed E-state index contributed by atoms with van der Waals surface area (Å²) >= 11 is 0. The van der Waals surface area contributed by atoms with Crippen LogP contribution in [0.25, 0.3) is 10.4 Å². The van der Waals surface area contributed by atoms with Crippen molar-refractivity contribution in [3.05, 3.63) is 46.3 Å². The molecule has 1 aromatic carbocycles. The normalized spacial score (nSPS) is 13.5. The van der Waals surface area contributed by atoms with E-state index in [1.54, 1.807) is 0 Å². The van der Waals surface area contributed by atoms with Crippen molar-refractivity contribution in [3.8, 4) is 0 Å². The molecule has 0 saturated heterocycles. The van der Waals surface area contributed by atoms with E-state index in [-0.39, 0.29) is 6.10 Å². The van der Waals surface area contributed by atoms with Gasteiger partial charge in [0.15, 0.2) is 0 Å². The van der Waals surface area contributed by atoms with E-state index in [1.165, 1.54) is 0 Å². The molecule has 1 aromatic rings. The van der Waals surface area contributed by atoms with Crippen LogP contribution < -0.4 is 0 Å². The van der Waals surface area contributed by atoms with Gasteiger partial charge in [0, 0.05) is 4.91 Å². The van der Waals surface area contributed by atoms with E-state index in [9.17, 15) is 4.79 Å². The lowest BCUT2D eigenvalue weighted by atomic mass is 10.1. The first kappa shape index (κ1) is 13.2. The lowest BCUT2D eigenvalue weighted by Gasteiger charge is -2.18. The van der Waals surface area contributed by atoms with E-state index >= 15 is 0 Å². The summed E-state index contributed by atoms with van der Waals surface area (Å²) in [6, 6.07) is 8.89. The molecule has 17 heavy (non-hydrogen) atoms. The Labute approximate surface area is 100 Å². The van der Waals surface area contributed by atoms with Crippen molar-refractivity contribution in [2.24, 2.45) is 5.11 Å². The van der Waals surface area contributed by atoms with Crippen LogP contribution in [-0.4, -0.2) is 18.4 Å². The number of benzene rings is 1. The molecule has 2 atom stereocenters. The van der Waals surface area contributed by atoms with Crippen molar-refractivity contribution < 1.29 is 9.53 Å². The molecule has 0 aromatic heterocycles. The second-order valence-electron chi connectivity index (χ2n) is 3.57. The first-order valence-corrected chi connectivity index (χ1v) is 5.46. The van der Waals surface area contributed by atoms with Crippen molar-refractivity contribution in [3.63, 3.8) is 0 Å². The number of ether oxygens (including phenoxy) is 1. The Hall–Kier alpha value is -1.84. The largest absolute Gasteiger partial charge is 0.373 e. The maximum absolute atomic E-state index is 10.8. The molecule has 0 spiro atoms. The monoisotopic (exact) mass is 233 g/mol. The average Bonchev–Trinajstić information content (AvgIpc) is 2.39. The third kappa shape index (κ3) is 4.26. The van der Waals surface area contributed by atoms with Crippen LogP contribution in [0.5, 0.6) is 0 Å². The summed E-state index contributed by atoms with van der Waals surface area (Å²) in [6.07, 6.45) is 0.873. The number of nitrogens with zero attached hydrogens (tertiary/aromatic N) is 3. The summed E-state index contributed by atoms with van der Waals surface area (Å²) < 4.78 is 5.59. The second-order valence-corrected chi connectivity index (χ2v) is 3.57. The molecule has 5 heteroatoms. The van der Waals surface area contributed by atoms with Crippen LogP contribution in [0.15, 0.2) is 35.4 Å². The van der Waals surface area contributed by atoms with Crippen LogP contribution in [0.2, 0.25) is 0 Å². The van der Waals surface area contributed by atoms with Gasteiger partial charge >= 0.3 is 0 Å². The van der Waals surface area contributed by atoms with E-state index < -0.39 is 6.04 Å². The zero-order valence-corrected chi connectivity index (χ0v) is 9.69. The quantitative estimate of drug-likeness (QED) is 0.314.